The van der Waals surface area contributed by atoms with Gasteiger partial charge < -0.3 is 0 Å². The minimum Gasteiger partial charge on any atom is -0.0496 e. The first-order valence-electron chi connectivity index (χ1n) is 2.72. The molecule has 10 heavy (non-hydrogen) atoms. The molecule has 0 radical (unpaired) electrons. The van der Waals surface area contributed by atoms with Gasteiger partial charge in [0.1, 0.15) is 0 Å². The zero-order valence-corrected chi connectivity index (χ0v) is 10.6. The van der Waals surface area contributed by atoms with E-state index >= 15 is 0 Å². The second-order valence-electron chi connectivity index (χ2n) is 2.04. The van der Waals surface area contributed by atoms with Crippen LogP contribution in [0.3, 0.4) is 0 Å². The molecule has 54 valence electrons. The van der Waals surface area contributed by atoms with E-state index in [1.54, 1.807) is 0 Å². The average molecular weight is 376 g/mol. The number of halogens is 3. The molecule has 0 atom stereocenters. The Bertz CT molecular complexity index is 235. The predicted octanol–water partition coefficient (Wildman–Crippen LogP) is 4.12. The van der Waals surface area contributed by atoms with Crippen molar-refractivity contribution in [2.45, 2.75) is 6.92 Å². The minimum absolute atomic E-state index is 1.15. The highest BCUT2D eigenvalue weighted by atomic mass is 127. The average Bonchev–Trinajstić information content (AvgIpc) is 1.82. The third-order valence-corrected chi connectivity index (χ3v) is 5.02. The Labute approximate surface area is 90.8 Å². The van der Waals surface area contributed by atoms with Gasteiger partial charge in [-0.1, -0.05) is 0 Å². The van der Waals surface area contributed by atoms with Crippen molar-refractivity contribution < 1.29 is 0 Å². The summed E-state index contributed by atoms with van der Waals surface area (Å²) >= 11 is 9.21. The monoisotopic (exact) mass is 374 g/mol. The Morgan fingerprint density at radius 3 is 2.00 bits per heavy atom. The van der Waals surface area contributed by atoms with E-state index in [9.17, 15) is 0 Å². The van der Waals surface area contributed by atoms with Gasteiger partial charge in [-0.15, -0.1) is 0 Å². The molecule has 0 nitrogen and oxygen atoms in total. The lowest BCUT2D eigenvalue weighted by molar-refractivity contribution is 1.40. The molecule has 1 aromatic rings. The number of hydrogen-bond acceptors (Lipinski definition) is 0. The summed E-state index contributed by atoms with van der Waals surface area (Å²) in [6.07, 6.45) is 0. The van der Waals surface area contributed by atoms with Crippen LogP contribution in [0.15, 0.2) is 21.1 Å². The van der Waals surface area contributed by atoms with Gasteiger partial charge in [0.15, 0.2) is 0 Å². The van der Waals surface area contributed by atoms with Crippen molar-refractivity contribution in [2.75, 3.05) is 0 Å². The smallest absolute Gasteiger partial charge is 0.0414 e. The van der Waals surface area contributed by atoms with Gasteiger partial charge in [-0.2, -0.15) is 0 Å². The van der Waals surface area contributed by atoms with Crippen molar-refractivity contribution in [1.82, 2.24) is 0 Å². The molecule has 0 aromatic heterocycles. The van der Waals surface area contributed by atoms with Crippen molar-refractivity contribution in [2.24, 2.45) is 0 Å². The van der Waals surface area contributed by atoms with E-state index in [0.29, 0.717) is 0 Å². The summed E-state index contributed by atoms with van der Waals surface area (Å²) in [6, 6.07) is 4.21. The van der Waals surface area contributed by atoms with Crippen LogP contribution in [0.2, 0.25) is 0 Å². The molecule has 0 aliphatic rings. The van der Waals surface area contributed by atoms with E-state index in [1.165, 1.54) is 9.13 Å². The standard InChI is InChI=1S/C7H5Br2I/c1-4-2-5(8)7(10)6(9)3-4/h2-3H,1H3. The molecule has 0 bridgehead atoms. The first-order chi connectivity index (χ1) is 4.61. The van der Waals surface area contributed by atoms with E-state index in [4.69, 9.17) is 0 Å². The fourth-order valence-corrected chi connectivity index (χ4v) is 2.41. The molecule has 0 saturated heterocycles. The van der Waals surface area contributed by atoms with Crippen LogP contribution in [0.4, 0.5) is 0 Å². The molecular formula is C7H5Br2I. The zero-order valence-electron chi connectivity index (χ0n) is 5.29. The van der Waals surface area contributed by atoms with Crippen LogP contribution in [0.25, 0.3) is 0 Å². The van der Waals surface area contributed by atoms with Gasteiger partial charge >= 0.3 is 0 Å². The first kappa shape index (κ1) is 9.00. The molecule has 0 aliphatic carbocycles. The maximum absolute atomic E-state index is 3.46. The largest absolute Gasteiger partial charge is 0.0496 e. The minimum atomic E-state index is 1.15. The highest BCUT2D eigenvalue weighted by Gasteiger charge is 2.00. The highest BCUT2D eigenvalue weighted by molar-refractivity contribution is 14.1. The molecule has 1 rings (SSSR count). The van der Waals surface area contributed by atoms with E-state index in [0.717, 1.165) is 8.95 Å². The predicted molar refractivity (Wildman–Crippen MR) is 59.3 cm³/mol. The van der Waals surface area contributed by atoms with Crippen molar-refractivity contribution in [3.8, 4) is 0 Å². The van der Waals surface area contributed by atoms with E-state index < -0.39 is 0 Å². The molecule has 0 heterocycles. The molecule has 0 unspecified atom stereocenters. The maximum Gasteiger partial charge on any atom is 0.0414 e. The summed E-state index contributed by atoms with van der Waals surface area (Å²) in [6.45, 7) is 2.08. The van der Waals surface area contributed by atoms with Gasteiger partial charge in [0.25, 0.3) is 0 Å². The molecule has 0 fully saturated rings. The number of aryl methyl sites for hydroxylation is 1. The second kappa shape index (κ2) is 3.54. The molecule has 1 aromatic carbocycles. The van der Waals surface area contributed by atoms with E-state index in [2.05, 4.69) is 73.5 Å². The van der Waals surface area contributed by atoms with Crippen molar-refractivity contribution in [3.05, 3.63) is 30.2 Å². The Hall–Kier alpha value is 0.910. The van der Waals surface area contributed by atoms with Gasteiger partial charge in [-0.25, -0.2) is 0 Å². The van der Waals surface area contributed by atoms with Crippen molar-refractivity contribution in [3.63, 3.8) is 0 Å². The van der Waals surface area contributed by atoms with Crippen LogP contribution >= 0.6 is 54.5 Å². The molecule has 0 N–H and O–H groups in total. The Balaban J connectivity index is 3.31. The molecule has 0 saturated carbocycles. The normalized spacial score (nSPS) is 10.0. The van der Waals surface area contributed by atoms with Crippen LogP contribution in [-0.4, -0.2) is 0 Å². The van der Waals surface area contributed by atoms with Gasteiger partial charge in [0.05, 0.1) is 0 Å². The lowest BCUT2D eigenvalue weighted by Crippen LogP contribution is -1.79. The SMILES string of the molecule is Cc1cc(Br)c(I)c(Br)c1. The number of benzene rings is 1. The summed E-state index contributed by atoms with van der Waals surface area (Å²) in [4.78, 5) is 0. The first-order valence-corrected chi connectivity index (χ1v) is 5.39. The van der Waals surface area contributed by atoms with Gasteiger partial charge in [0.2, 0.25) is 0 Å². The quantitative estimate of drug-likeness (QED) is 0.472. The fraction of sp³-hybridized carbons (Fsp3) is 0.143. The summed E-state index contributed by atoms with van der Waals surface area (Å²) < 4.78 is 3.53. The third kappa shape index (κ3) is 1.95. The van der Waals surface area contributed by atoms with Gasteiger partial charge in [-0.3, -0.25) is 0 Å². The zero-order chi connectivity index (χ0) is 7.72. The second-order valence-corrected chi connectivity index (χ2v) is 4.83. The molecule has 0 aliphatic heterocycles. The molecule has 0 spiro atoms. The lowest BCUT2D eigenvalue weighted by atomic mass is 10.2. The van der Waals surface area contributed by atoms with Crippen LogP contribution in [-0.2, 0) is 0 Å². The summed E-state index contributed by atoms with van der Waals surface area (Å²) in [5.74, 6) is 0. The maximum atomic E-state index is 3.46. The van der Waals surface area contributed by atoms with Crippen LogP contribution in [0.1, 0.15) is 5.56 Å². The highest BCUT2D eigenvalue weighted by Crippen LogP contribution is 2.28. The number of rotatable bonds is 0. The molecular weight excluding hydrogens is 371 g/mol. The topological polar surface area (TPSA) is 0 Å². The Kier molecular flexibility index (Phi) is 3.19. The number of hydrogen-bond donors (Lipinski definition) is 0. The Morgan fingerprint density at radius 1 is 1.20 bits per heavy atom. The van der Waals surface area contributed by atoms with Gasteiger partial charge in [0, 0.05) is 12.5 Å². The summed E-state index contributed by atoms with van der Waals surface area (Å²) in [7, 11) is 0. The Morgan fingerprint density at radius 2 is 1.60 bits per heavy atom. The van der Waals surface area contributed by atoms with Crippen LogP contribution < -0.4 is 0 Å². The van der Waals surface area contributed by atoms with Gasteiger partial charge in [-0.05, 0) is 79.1 Å². The summed E-state index contributed by atoms with van der Waals surface area (Å²) in [5, 5.41) is 0. The van der Waals surface area contributed by atoms with Crippen LogP contribution in [0.5, 0.6) is 0 Å². The van der Waals surface area contributed by atoms with Crippen molar-refractivity contribution >= 4 is 54.5 Å². The van der Waals surface area contributed by atoms with E-state index in [-0.39, 0.29) is 0 Å². The summed E-state index contributed by atoms with van der Waals surface area (Å²) in [5.41, 5.74) is 1.26. The molecule has 3 heteroatoms. The van der Waals surface area contributed by atoms with E-state index in [1.807, 2.05) is 0 Å². The lowest BCUT2D eigenvalue weighted by Gasteiger charge is -2.00. The fourth-order valence-electron chi connectivity index (χ4n) is 0.682. The van der Waals surface area contributed by atoms with Crippen LogP contribution in [0, 0.1) is 10.5 Å². The third-order valence-electron chi connectivity index (χ3n) is 1.13. The molecule has 0 amide bonds. The van der Waals surface area contributed by atoms with Crippen molar-refractivity contribution in [1.29, 1.82) is 0 Å².